The Labute approximate surface area is 227 Å². The maximum absolute atomic E-state index is 14.9. The fourth-order valence-corrected chi connectivity index (χ4v) is 6.33. The third-order valence-electron chi connectivity index (χ3n) is 8.74. The minimum atomic E-state index is -3.89. The summed E-state index contributed by atoms with van der Waals surface area (Å²) in [6.07, 6.45) is 11.4. The molecule has 2 aliphatic carbocycles. The number of hydrogen-bond acceptors (Lipinski definition) is 1. The van der Waals surface area contributed by atoms with Crippen molar-refractivity contribution in [3.8, 4) is 0 Å². The fraction of sp³-hybridized carbons (Fsp3) is 0.529. The van der Waals surface area contributed by atoms with E-state index in [0.717, 1.165) is 43.6 Å². The van der Waals surface area contributed by atoms with Crippen LogP contribution in [-0.2, 0) is 11.3 Å². The quantitative estimate of drug-likeness (QED) is 0.266. The van der Waals surface area contributed by atoms with Crippen LogP contribution >= 0.6 is 0 Å². The van der Waals surface area contributed by atoms with Crippen LogP contribution in [0.1, 0.15) is 111 Å². The molecule has 0 radical (unpaired) electrons. The van der Waals surface area contributed by atoms with Crippen molar-refractivity contribution < 1.29 is 17.9 Å². The molecule has 0 amide bonds. The van der Waals surface area contributed by atoms with Crippen LogP contribution < -0.4 is 0 Å². The number of ether oxygens (including phenoxy) is 1. The van der Waals surface area contributed by atoms with E-state index in [9.17, 15) is 13.2 Å². The highest BCUT2D eigenvalue weighted by Crippen LogP contribution is 2.41. The molecule has 4 rings (SSSR count). The maximum Gasteiger partial charge on any atom is 0.391 e. The van der Waals surface area contributed by atoms with Crippen molar-refractivity contribution in [2.45, 2.75) is 102 Å². The Bertz CT molecular complexity index is 1010. The van der Waals surface area contributed by atoms with Crippen LogP contribution in [0.25, 0.3) is 0 Å². The topological polar surface area (TPSA) is 9.23 Å². The minimum absolute atomic E-state index is 0.0395. The highest BCUT2D eigenvalue weighted by molar-refractivity contribution is 5.28. The van der Waals surface area contributed by atoms with E-state index < -0.39 is 12.3 Å². The van der Waals surface area contributed by atoms with Crippen molar-refractivity contribution in [1.29, 1.82) is 0 Å². The molecule has 2 aliphatic rings. The normalized spacial score (nSPS) is 25.4. The molecule has 0 heterocycles. The molecule has 1 unspecified atom stereocenters. The first-order chi connectivity index (χ1) is 18.4. The molecular formula is C34H43F3O. The summed E-state index contributed by atoms with van der Waals surface area (Å²) in [6.45, 7) is 5.55. The van der Waals surface area contributed by atoms with Crippen LogP contribution in [0.3, 0.4) is 0 Å². The van der Waals surface area contributed by atoms with E-state index in [0.29, 0.717) is 23.3 Å². The van der Waals surface area contributed by atoms with E-state index in [-0.39, 0.29) is 12.2 Å². The zero-order chi connectivity index (χ0) is 27.0. The number of benzene rings is 2. The molecule has 2 saturated carbocycles. The van der Waals surface area contributed by atoms with Gasteiger partial charge in [-0.3, -0.25) is 0 Å². The van der Waals surface area contributed by atoms with Gasteiger partial charge in [0.1, 0.15) is 0 Å². The molecule has 0 bridgehead atoms. The molecule has 2 fully saturated rings. The number of hydrogen-bond donors (Lipinski definition) is 0. The summed E-state index contributed by atoms with van der Waals surface area (Å²) in [6, 6.07) is 14.3. The van der Waals surface area contributed by atoms with Crippen LogP contribution in [-0.4, -0.2) is 6.11 Å². The van der Waals surface area contributed by atoms with Crippen molar-refractivity contribution in [1.82, 2.24) is 0 Å². The van der Waals surface area contributed by atoms with Crippen LogP contribution in [0.2, 0.25) is 0 Å². The highest BCUT2D eigenvalue weighted by atomic mass is 19.3. The lowest BCUT2D eigenvalue weighted by Gasteiger charge is -2.29. The van der Waals surface area contributed by atoms with Crippen molar-refractivity contribution >= 4 is 0 Å². The van der Waals surface area contributed by atoms with Crippen LogP contribution in [0.5, 0.6) is 0 Å². The Morgan fingerprint density at radius 2 is 1.42 bits per heavy atom. The van der Waals surface area contributed by atoms with Crippen LogP contribution in [0, 0.1) is 11.8 Å². The van der Waals surface area contributed by atoms with Gasteiger partial charge in [-0.2, -0.15) is 8.78 Å². The summed E-state index contributed by atoms with van der Waals surface area (Å²) >= 11 is 0. The van der Waals surface area contributed by atoms with E-state index in [1.54, 1.807) is 0 Å². The SMILES string of the molecule is C=CCCC1CCC(c2ccc(C(F)C(F)(F)OCc3ccc(C4CCC(/C=C/C)CC4)cc3)cc2)CC1. The summed E-state index contributed by atoms with van der Waals surface area (Å²) in [5.41, 5.74) is 2.94. The zero-order valence-corrected chi connectivity index (χ0v) is 22.8. The third kappa shape index (κ3) is 7.62. The van der Waals surface area contributed by atoms with Crippen molar-refractivity contribution in [2.75, 3.05) is 0 Å². The number of alkyl halides is 3. The smallest absolute Gasteiger partial charge is 0.313 e. The van der Waals surface area contributed by atoms with Crippen molar-refractivity contribution in [3.63, 3.8) is 0 Å². The Morgan fingerprint density at radius 1 is 0.868 bits per heavy atom. The molecular weight excluding hydrogens is 481 g/mol. The van der Waals surface area contributed by atoms with Gasteiger partial charge < -0.3 is 4.74 Å². The molecule has 0 spiro atoms. The monoisotopic (exact) mass is 524 g/mol. The summed E-state index contributed by atoms with van der Waals surface area (Å²) in [5, 5.41) is 0. The molecule has 1 atom stereocenters. The van der Waals surface area contributed by atoms with Gasteiger partial charge in [0.05, 0.1) is 6.61 Å². The van der Waals surface area contributed by atoms with Gasteiger partial charge in [-0.15, -0.1) is 6.58 Å². The minimum Gasteiger partial charge on any atom is -0.313 e. The molecule has 2 aromatic rings. The van der Waals surface area contributed by atoms with Gasteiger partial charge in [0, 0.05) is 0 Å². The second-order valence-electron chi connectivity index (χ2n) is 11.3. The number of rotatable bonds is 11. The zero-order valence-electron chi connectivity index (χ0n) is 22.8. The van der Waals surface area contributed by atoms with Crippen LogP contribution in [0.4, 0.5) is 13.2 Å². The maximum atomic E-state index is 14.9. The fourth-order valence-electron chi connectivity index (χ4n) is 6.33. The highest BCUT2D eigenvalue weighted by Gasteiger charge is 2.43. The van der Waals surface area contributed by atoms with E-state index in [2.05, 4.69) is 25.7 Å². The summed E-state index contributed by atoms with van der Waals surface area (Å²) < 4.78 is 49.0. The molecule has 4 heteroatoms. The Balaban J connectivity index is 1.26. The summed E-state index contributed by atoms with van der Waals surface area (Å²) in [7, 11) is 0. The van der Waals surface area contributed by atoms with Gasteiger partial charge >= 0.3 is 6.11 Å². The van der Waals surface area contributed by atoms with Crippen LogP contribution in [0.15, 0.2) is 73.3 Å². The molecule has 0 aliphatic heterocycles. The third-order valence-corrected chi connectivity index (χ3v) is 8.74. The van der Waals surface area contributed by atoms with Crippen molar-refractivity contribution in [2.24, 2.45) is 11.8 Å². The Hall–Kier alpha value is -2.33. The Kier molecular flexibility index (Phi) is 10.3. The lowest BCUT2D eigenvalue weighted by Crippen LogP contribution is -2.27. The average Bonchev–Trinajstić information content (AvgIpc) is 2.96. The summed E-state index contributed by atoms with van der Waals surface area (Å²) in [5.74, 6) is 2.35. The first-order valence-corrected chi connectivity index (χ1v) is 14.5. The van der Waals surface area contributed by atoms with Gasteiger partial charge in [-0.25, -0.2) is 4.39 Å². The van der Waals surface area contributed by atoms with E-state index in [4.69, 9.17) is 4.74 Å². The number of allylic oxidation sites excluding steroid dienone is 3. The second kappa shape index (κ2) is 13.6. The first kappa shape index (κ1) is 28.7. The first-order valence-electron chi connectivity index (χ1n) is 14.5. The predicted octanol–water partition coefficient (Wildman–Crippen LogP) is 10.6. The average molecular weight is 525 g/mol. The molecule has 38 heavy (non-hydrogen) atoms. The van der Waals surface area contributed by atoms with Crippen molar-refractivity contribution in [3.05, 3.63) is 95.6 Å². The molecule has 2 aromatic carbocycles. The lowest BCUT2D eigenvalue weighted by atomic mass is 9.77. The van der Waals surface area contributed by atoms with E-state index >= 15 is 0 Å². The largest absolute Gasteiger partial charge is 0.391 e. The molecule has 0 N–H and O–H groups in total. The van der Waals surface area contributed by atoms with Gasteiger partial charge in [-0.05, 0) is 117 Å². The molecule has 206 valence electrons. The van der Waals surface area contributed by atoms with Gasteiger partial charge in [0.2, 0.25) is 6.17 Å². The van der Waals surface area contributed by atoms with Gasteiger partial charge in [0.25, 0.3) is 0 Å². The van der Waals surface area contributed by atoms with E-state index in [1.165, 1.54) is 49.8 Å². The summed E-state index contributed by atoms with van der Waals surface area (Å²) in [4.78, 5) is 0. The van der Waals surface area contributed by atoms with E-state index in [1.807, 2.05) is 42.5 Å². The molecule has 1 nitrogen and oxygen atoms in total. The molecule has 0 aromatic heterocycles. The van der Waals surface area contributed by atoms with Gasteiger partial charge in [-0.1, -0.05) is 66.8 Å². The van der Waals surface area contributed by atoms with Gasteiger partial charge in [0.15, 0.2) is 0 Å². The second-order valence-corrected chi connectivity index (χ2v) is 11.3. The lowest BCUT2D eigenvalue weighted by molar-refractivity contribution is -0.282. The number of halogens is 3. The predicted molar refractivity (Wildman–Crippen MR) is 150 cm³/mol. The molecule has 0 saturated heterocycles. The Morgan fingerprint density at radius 3 is 1.97 bits per heavy atom. The standard InChI is InChI=1S/C34H43F3O/c1-3-5-7-26-10-16-29(17-11-26)31-20-22-32(23-21-31)33(35)34(36,37)38-24-27-12-18-30(19-13-27)28-14-8-25(6-4-2)9-15-28/h3-4,6,12-13,18-23,25-26,28-29,33H,1,5,7-11,14-17,24H2,2H3/b6-4+.